The molecule has 0 aliphatic heterocycles. The van der Waals surface area contributed by atoms with Crippen LogP contribution in [0.2, 0.25) is 0 Å². The van der Waals surface area contributed by atoms with E-state index in [2.05, 4.69) is 18.3 Å². The molecule has 0 aromatic heterocycles. The summed E-state index contributed by atoms with van der Waals surface area (Å²) in [4.78, 5) is 0. The van der Waals surface area contributed by atoms with Crippen LogP contribution in [0.1, 0.15) is 46.0 Å². The zero-order valence-corrected chi connectivity index (χ0v) is 10.5. The second-order valence-corrected chi connectivity index (χ2v) is 4.56. The van der Waals surface area contributed by atoms with Gasteiger partial charge in [-0.15, -0.1) is 0 Å². The fourth-order valence-corrected chi connectivity index (χ4v) is 2.47. The topological polar surface area (TPSA) is 45.0 Å². The lowest BCUT2D eigenvalue weighted by Gasteiger charge is -2.31. The standard InChI is InChI=1S/C13H24N2O/c1-3-11-7-5-6-8-13(11)16-10-12(9-14)15-4-2/h11-13,15H,3-8,10H2,1-2H3. The van der Waals surface area contributed by atoms with Crippen molar-refractivity contribution in [1.82, 2.24) is 5.32 Å². The van der Waals surface area contributed by atoms with Gasteiger partial charge < -0.3 is 10.1 Å². The average Bonchev–Trinajstić information content (AvgIpc) is 2.34. The molecule has 1 rings (SSSR count). The Kier molecular flexibility index (Phi) is 6.44. The monoisotopic (exact) mass is 224 g/mol. The summed E-state index contributed by atoms with van der Waals surface area (Å²) in [5.74, 6) is 0.703. The molecule has 92 valence electrons. The van der Waals surface area contributed by atoms with E-state index in [1.165, 1.54) is 32.1 Å². The Morgan fingerprint density at radius 3 is 2.75 bits per heavy atom. The highest BCUT2D eigenvalue weighted by atomic mass is 16.5. The van der Waals surface area contributed by atoms with Crippen LogP contribution in [0.3, 0.4) is 0 Å². The summed E-state index contributed by atoms with van der Waals surface area (Å²) in [5.41, 5.74) is 0. The number of ether oxygens (including phenoxy) is 1. The molecule has 0 aromatic rings. The lowest BCUT2D eigenvalue weighted by molar-refractivity contribution is -0.0161. The molecule has 0 bridgehead atoms. The summed E-state index contributed by atoms with van der Waals surface area (Å²) in [6, 6.07) is 2.09. The fourth-order valence-electron chi connectivity index (χ4n) is 2.47. The second-order valence-electron chi connectivity index (χ2n) is 4.56. The number of hydrogen-bond donors (Lipinski definition) is 1. The Balaban J connectivity index is 2.31. The predicted molar refractivity (Wildman–Crippen MR) is 65.1 cm³/mol. The molecule has 16 heavy (non-hydrogen) atoms. The Labute approximate surface area is 99.2 Å². The van der Waals surface area contributed by atoms with Crippen LogP contribution in [-0.2, 0) is 4.74 Å². The van der Waals surface area contributed by atoms with Gasteiger partial charge in [0.25, 0.3) is 0 Å². The summed E-state index contributed by atoms with van der Waals surface area (Å²) in [5, 5.41) is 12.0. The highest BCUT2D eigenvalue weighted by Gasteiger charge is 2.24. The van der Waals surface area contributed by atoms with Gasteiger partial charge in [-0.1, -0.05) is 33.1 Å². The normalized spacial score (nSPS) is 27.3. The maximum Gasteiger partial charge on any atom is 0.119 e. The Bertz CT molecular complexity index is 224. The molecular formula is C13H24N2O. The first kappa shape index (κ1) is 13.5. The zero-order chi connectivity index (χ0) is 11.8. The van der Waals surface area contributed by atoms with E-state index in [0.717, 1.165) is 6.54 Å². The van der Waals surface area contributed by atoms with Gasteiger partial charge in [0.05, 0.1) is 18.8 Å². The van der Waals surface area contributed by atoms with Crippen molar-refractivity contribution in [2.45, 2.75) is 58.1 Å². The number of nitrogens with zero attached hydrogens (tertiary/aromatic N) is 1. The molecule has 1 N–H and O–H groups in total. The van der Waals surface area contributed by atoms with Crippen LogP contribution in [0.4, 0.5) is 0 Å². The minimum absolute atomic E-state index is 0.149. The molecule has 3 unspecified atom stereocenters. The molecule has 1 aliphatic rings. The minimum Gasteiger partial charge on any atom is -0.375 e. The number of nitrogens with one attached hydrogen (secondary N) is 1. The van der Waals surface area contributed by atoms with Gasteiger partial charge in [-0.3, -0.25) is 0 Å². The van der Waals surface area contributed by atoms with Gasteiger partial charge in [-0.2, -0.15) is 5.26 Å². The van der Waals surface area contributed by atoms with Crippen LogP contribution in [0, 0.1) is 17.2 Å². The highest BCUT2D eigenvalue weighted by Crippen LogP contribution is 2.29. The van der Waals surface area contributed by atoms with Crippen LogP contribution in [-0.4, -0.2) is 25.3 Å². The molecule has 0 heterocycles. The van der Waals surface area contributed by atoms with Crippen molar-refractivity contribution in [2.75, 3.05) is 13.2 Å². The predicted octanol–water partition coefficient (Wildman–Crippen LogP) is 2.47. The summed E-state index contributed by atoms with van der Waals surface area (Å²) in [6.07, 6.45) is 6.66. The van der Waals surface area contributed by atoms with Crippen molar-refractivity contribution in [1.29, 1.82) is 5.26 Å². The largest absolute Gasteiger partial charge is 0.375 e. The molecule has 3 nitrogen and oxygen atoms in total. The maximum atomic E-state index is 8.92. The molecule has 3 heteroatoms. The number of hydrogen-bond acceptors (Lipinski definition) is 3. The highest BCUT2D eigenvalue weighted by molar-refractivity contribution is 4.89. The van der Waals surface area contributed by atoms with Gasteiger partial charge in [-0.25, -0.2) is 0 Å². The van der Waals surface area contributed by atoms with Crippen LogP contribution in [0.15, 0.2) is 0 Å². The molecule has 0 aromatic carbocycles. The molecule has 1 aliphatic carbocycles. The Morgan fingerprint density at radius 1 is 1.38 bits per heavy atom. The lowest BCUT2D eigenvalue weighted by Crippen LogP contribution is -2.36. The van der Waals surface area contributed by atoms with Crippen molar-refractivity contribution >= 4 is 0 Å². The van der Waals surface area contributed by atoms with E-state index in [0.29, 0.717) is 18.6 Å². The third-order valence-electron chi connectivity index (χ3n) is 3.45. The van der Waals surface area contributed by atoms with Gasteiger partial charge in [0.1, 0.15) is 6.04 Å². The van der Waals surface area contributed by atoms with E-state index in [4.69, 9.17) is 10.00 Å². The summed E-state index contributed by atoms with van der Waals surface area (Å²) in [7, 11) is 0. The first-order valence-corrected chi connectivity index (χ1v) is 6.56. The van der Waals surface area contributed by atoms with Crippen molar-refractivity contribution in [3.8, 4) is 6.07 Å². The van der Waals surface area contributed by atoms with Gasteiger partial charge in [0, 0.05) is 0 Å². The van der Waals surface area contributed by atoms with Crippen LogP contribution in [0.25, 0.3) is 0 Å². The molecule has 3 atom stereocenters. The fraction of sp³-hybridized carbons (Fsp3) is 0.923. The van der Waals surface area contributed by atoms with E-state index in [-0.39, 0.29) is 6.04 Å². The Hall–Kier alpha value is -0.590. The maximum absolute atomic E-state index is 8.92. The number of likely N-dealkylation sites (N-methyl/N-ethyl adjacent to an activating group) is 1. The molecule has 1 fully saturated rings. The second kappa shape index (κ2) is 7.65. The molecule has 0 saturated heterocycles. The summed E-state index contributed by atoms with van der Waals surface area (Å²) in [6.45, 7) is 5.60. The number of nitriles is 1. The van der Waals surface area contributed by atoms with Gasteiger partial charge in [0.15, 0.2) is 0 Å². The van der Waals surface area contributed by atoms with E-state index < -0.39 is 0 Å². The van der Waals surface area contributed by atoms with Gasteiger partial charge >= 0.3 is 0 Å². The third kappa shape index (κ3) is 4.11. The zero-order valence-electron chi connectivity index (χ0n) is 10.5. The molecule has 1 saturated carbocycles. The average molecular weight is 224 g/mol. The van der Waals surface area contributed by atoms with Crippen molar-refractivity contribution < 1.29 is 4.74 Å². The van der Waals surface area contributed by atoms with Crippen molar-refractivity contribution in [3.05, 3.63) is 0 Å². The lowest BCUT2D eigenvalue weighted by atomic mass is 9.85. The number of rotatable bonds is 6. The third-order valence-corrected chi connectivity index (χ3v) is 3.45. The smallest absolute Gasteiger partial charge is 0.119 e. The van der Waals surface area contributed by atoms with Crippen molar-refractivity contribution in [2.24, 2.45) is 5.92 Å². The van der Waals surface area contributed by atoms with Crippen LogP contribution < -0.4 is 5.32 Å². The summed E-state index contributed by atoms with van der Waals surface area (Å²) < 4.78 is 5.91. The summed E-state index contributed by atoms with van der Waals surface area (Å²) >= 11 is 0. The van der Waals surface area contributed by atoms with E-state index in [1.54, 1.807) is 0 Å². The van der Waals surface area contributed by atoms with Crippen molar-refractivity contribution in [3.63, 3.8) is 0 Å². The SMILES string of the molecule is CCNC(C#N)COC1CCCCC1CC. The first-order valence-electron chi connectivity index (χ1n) is 6.56. The Morgan fingerprint density at radius 2 is 2.12 bits per heavy atom. The van der Waals surface area contributed by atoms with E-state index >= 15 is 0 Å². The quantitative estimate of drug-likeness (QED) is 0.754. The van der Waals surface area contributed by atoms with E-state index in [1.807, 2.05) is 6.92 Å². The van der Waals surface area contributed by atoms with E-state index in [9.17, 15) is 0 Å². The first-order chi connectivity index (χ1) is 7.81. The van der Waals surface area contributed by atoms with Gasteiger partial charge in [-0.05, 0) is 25.3 Å². The molecule has 0 amide bonds. The molecule has 0 radical (unpaired) electrons. The van der Waals surface area contributed by atoms with Gasteiger partial charge in [0.2, 0.25) is 0 Å². The molecule has 0 spiro atoms. The van der Waals surface area contributed by atoms with Crippen LogP contribution in [0.5, 0.6) is 0 Å². The van der Waals surface area contributed by atoms with Crippen LogP contribution >= 0.6 is 0 Å². The molecular weight excluding hydrogens is 200 g/mol. The minimum atomic E-state index is -0.149.